The van der Waals surface area contributed by atoms with Crippen LogP contribution in [0.2, 0.25) is 0 Å². The molecule has 2 aliphatic rings. The Hall–Kier alpha value is -3.08. The van der Waals surface area contributed by atoms with Gasteiger partial charge in [-0.15, -0.1) is 0 Å². The molecular weight excluding hydrogens is 306 g/mol. The lowest BCUT2D eigenvalue weighted by molar-refractivity contribution is -0.112. The second kappa shape index (κ2) is 5.23. The van der Waals surface area contributed by atoms with Crippen LogP contribution in [0, 0.1) is 0 Å². The zero-order valence-corrected chi connectivity index (χ0v) is 13.3. The molecule has 0 fully saturated rings. The molecule has 5 nitrogen and oxygen atoms in total. The van der Waals surface area contributed by atoms with Crippen LogP contribution >= 0.6 is 0 Å². The van der Waals surface area contributed by atoms with Crippen molar-refractivity contribution in [2.24, 2.45) is 0 Å². The van der Waals surface area contributed by atoms with Crippen LogP contribution in [0.4, 0.5) is 5.69 Å². The Morgan fingerprint density at radius 2 is 1.96 bits per heavy atom. The van der Waals surface area contributed by atoms with E-state index in [2.05, 4.69) is 0 Å². The van der Waals surface area contributed by atoms with Crippen LogP contribution < -0.4 is 4.90 Å². The Morgan fingerprint density at radius 3 is 2.75 bits per heavy atom. The van der Waals surface area contributed by atoms with Crippen molar-refractivity contribution in [1.29, 1.82) is 0 Å². The minimum atomic E-state index is -0.433. The number of benzene rings is 2. The highest BCUT2D eigenvalue weighted by molar-refractivity contribution is 6.37. The summed E-state index contributed by atoms with van der Waals surface area (Å²) < 4.78 is 10.6. The Morgan fingerprint density at radius 1 is 1.17 bits per heavy atom. The van der Waals surface area contributed by atoms with E-state index in [1.807, 2.05) is 24.3 Å². The van der Waals surface area contributed by atoms with E-state index in [1.54, 1.807) is 30.1 Å². The quantitative estimate of drug-likeness (QED) is 0.599. The van der Waals surface area contributed by atoms with E-state index in [4.69, 9.17) is 9.47 Å². The monoisotopic (exact) mass is 321 g/mol. The SMILES string of the molecule is COC(=O)c1ccc2c(c1)/C(=C1\OCc3ccccc31)C(=O)N2C. The number of methoxy groups -OCH3 is 1. The molecule has 24 heavy (non-hydrogen) atoms. The van der Waals surface area contributed by atoms with Gasteiger partial charge in [-0.1, -0.05) is 24.3 Å². The first-order chi connectivity index (χ1) is 11.6. The maximum absolute atomic E-state index is 12.8. The molecule has 0 saturated carbocycles. The Labute approximate surface area is 139 Å². The van der Waals surface area contributed by atoms with Gasteiger partial charge < -0.3 is 14.4 Å². The molecule has 0 unspecified atom stereocenters. The van der Waals surface area contributed by atoms with Crippen molar-refractivity contribution in [3.05, 3.63) is 64.7 Å². The van der Waals surface area contributed by atoms with E-state index in [-0.39, 0.29) is 5.91 Å². The lowest BCUT2D eigenvalue weighted by Crippen LogP contribution is -2.20. The molecule has 0 bridgehead atoms. The van der Waals surface area contributed by atoms with Gasteiger partial charge in [0.15, 0.2) is 0 Å². The largest absolute Gasteiger partial charge is 0.487 e. The van der Waals surface area contributed by atoms with Crippen molar-refractivity contribution in [3.63, 3.8) is 0 Å². The van der Waals surface area contributed by atoms with Crippen LogP contribution in [-0.4, -0.2) is 26.0 Å². The number of carbonyl (C=O) groups excluding carboxylic acids is 2. The summed E-state index contributed by atoms with van der Waals surface area (Å²) in [6.45, 7) is 0.442. The number of rotatable bonds is 1. The lowest BCUT2D eigenvalue weighted by Gasteiger charge is -2.09. The van der Waals surface area contributed by atoms with Gasteiger partial charge in [0.25, 0.3) is 5.91 Å². The number of amides is 1. The van der Waals surface area contributed by atoms with Crippen LogP contribution in [0.25, 0.3) is 11.3 Å². The van der Waals surface area contributed by atoms with Crippen LogP contribution in [0.15, 0.2) is 42.5 Å². The molecule has 2 aliphatic heterocycles. The van der Waals surface area contributed by atoms with Crippen molar-refractivity contribution in [2.45, 2.75) is 6.61 Å². The van der Waals surface area contributed by atoms with E-state index < -0.39 is 5.97 Å². The van der Waals surface area contributed by atoms with Crippen molar-refractivity contribution < 1.29 is 19.1 Å². The molecule has 2 aromatic rings. The third kappa shape index (κ3) is 1.94. The van der Waals surface area contributed by atoms with Gasteiger partial charge in [-0.2, -0.15) is 0 Å². The lowest BCUT2D eigenvalue weighted by atomic mass is 9.99. The van der Waals surface area contributed by atoms with E-state index in [0.29, 0.717) is 29.1 Å². The van der Waals surface area contributed by atoms with Crippen LogP contribution in [0.5, 0.6) is 0 Å². The van der Waals surface area contributed by atoms with Gasteiger partial charge in [0, 0.05) is 23.7 Å². The zero-order valence-electron chi connectivity index (χ0n) is 13.3. The molecule has 5 heteroatoms. The summed E-state index contributed by atoms with van der Waals surface area (Å²) in [5, 5.41) is 0. The number of hydrogen-bond acceptors (Lipinski definition) is 4. The predicted molar refractivity (Wildman–Crippen MR) is 89.2 cm³/mol. The summed E-state index contributed by atoms with van der Waals surface area (Å²) in [5.41, 5.74) is 4.31. The predicted octanol–water partition coefficient (Wildman–Crippen LogP) is 2.85. The molecular formula is C19H15NO4. The molecule has 0 saturated heterocycles. The summed E-state index contributed by atoms with van der Waals surface area (Å²) in [7, 11) is 3.05. The first-order valence-electron chi connectivity index (χ1n) is 7.58. The first-order valence-corrected chi connectivity index (χ1v) is 7.58. The average Bonchev–Trinajstić information content (AvgIpc) is 3.14. The molecule has 1 amide bonds. The molecule has 0 N–H and O–H groups in total. The molecule has 2 aromatic carbocycles. The summed E-state index contributed by atoms with van der Waals surface area (Å²) in [6, 6.07) is 12.9. The van der Waals surface area contributed by atoms with Gasteiger partial charge >= 0.3 is 5.97 Å². The molecule has 120 valence electrons. The fourth-order valence-electron chi connectivity index (χ4n) is 3.19. The number of fused-ring (bicyclic) bond motifs is 2. The fraction of sp³-hybridized carbons (Fsp3) is 0.158. The number of likely N-dealkylation sites (N-methyl/N-ethyl adjacent to an activating group) is 1. The van der Waals surface area contributed by atoms with Gasteiger partial charge in [-0.05, 0) is 18.2 Å². The minimum Gasteiger partial charge on any atom is -0.487 e. The van der Waals surface area contributed by atoms with Gasteiger partial charge in [-0.3, -0.25) is 4.79 Å². The Balaban J connectivity index is 1.95. The normalized spacial score (nSPS) is 18.2. The average molecular weight is 321 g/mol. The standard InChI is InChI=1S/C19H15NO4/c1-20-15-8-7-11(19(22)23-2)9-14(15)16(18(20)21)17-13-6-4-3-5-12(13)10-24-17/h3-9H,10H2,1-2H3/b17-16+. The minimum absolute atomic E-state index is 0.140. The number of carbonyl (C=O) groups is 2. The second-order valence-electron chi connectivity index (χ2n) is 5.74. The van der Waals surface area contributed by atoms with E-state index in [9.17, 15) is 9.59 Å². The third-order valence-electron chi connectivity index (χ3n) is 4.43. The van der Waals surface area contributed by atoms with Crippen molar-refractivity contribution in [3.8, 4) is 0 Å². The zero-order chi connectivity index (χ0) is 16.8. The Bertz CT molecular complexity index is 913. The topological polar surface area (TPSA) is 55.8 Å². The highest BCUT2D eigenvalue weighted by Gasteiger charge is 2.36. The summed E-state index contributed by atoms with van der Waals surface area (Å²) in [5.74, 6) is -0.00109. The summed E-state index contributed by atoms with van der Waals surface area (Å²) in [4.78, 5) is 26.2. The number of hydrogen-bond donors (Lipinski definition) is 0. The molecule has 0 atom stereocenters. The maximum Gasteiger partial charge on any atom is 0.337 e. The van der Waals surface area contributed by atoms with Crippen LogP contribution in [0.3, 0.4) is 0 Å². The maximum atomic E-state index is 12.8. The van der Waals surface area contributed by atoms with Crippen LogP contribution in [-0.2, 0) is 20.9 Å². The number of nitrogens with zero attached hydrogens (tertiary/aromatic N) is 1. The van der Waals surface area contributed by atoms with E-state index >= 15 is 0 Å². The van der Waals surface area contributed by atoms with Gasteiger partial charge in [0.05, 0.1) is 23.9 Å². The molecule has 0 aliphatic carbocycles. The molecule has 0 radical (unpaired) electrons. The molecule has 2 heterocycles. The smallest absolute Gasteiger partial charge is 0.337 e. The van der Waals surface area contributed by atoms with Gasteiger partial charge in [0.1, 0.15) is 12.4 Å². The van der Waals surface area contributed by atoms with E-state index in [0.717, 1.165) is 16.8 Å². The van der Waals surface area contributed by atoms with Gasteiger partial charge in [0.2, 0.25) is 0 Å². The van der Waals surface area contributed by atoms with Crippen molar-refractivity contribution in [2.75, 3.05) is 19.1 Å². The number of ether oxygens (including phenoxy) is 2. The highest BCUT2D eigenvalue weighted by Crippen LogP contribution is 2.43. The van der Waals surface area contributed by atoms with E-state index in [1.165, 1.54) is 7.11 Å². The third-order valence-corrected chi connectivity index (χ3v) is 4.43. The molecule has 0 spiro atoms. The van der Waals surface area contributed by atoms with Crippen molar-refractivity contribution >= 4 is 28.9 Å². The molecule has 4 rings (SSSR count). The molecule has 0 aromatic heterocycles. The van der Waals surface area contributed by atoms with Crippen molar-refractivity contribution in [1.82, 2.24) is 0 Å². The number of anilines is 1. The summed E-state index contributed by atoms with van der Waals surface area (Å²) >= 11 is 0. The summed E-state index contributed by atoms with van der Waals surface area (Å²) in [6.07, 6.45) is 0. The highest BCUT2D eigenvalue weighted by atomic mass is 16.5. The fourth-order valence-corrected chi connectivity index (χ4v) is 3.19. The number of esters is 1. The Kier molecular flexibility index (Phi) is 3.16. The second-order valence-corrected chi connectivity index (χ2v) is 5.74. The first kappa shape index (κ1) is 14.5. The van der Waals surface area contributed by atoms with Crippen LogP contribution in [0.1, 0.15) is 27.0 Å². The van der Waals surface area contributed by atoms with Gasteiger partial charge in [-0.25, -0.2) is 4.79 Å².